The van der Waals surface area contributed by atoms with Crippen molar-refractivity contribution in [2.45, 2.75) is 32.9 Å². The van der Waals surface area contributed by atoms with E-state index in [1.165, 1.54) is 0 Å². The first kappa shape index (κ1) is 16.0. The summed E-state index contributed by atoms with van der Waals surface area (Å²) in [5.74, 6) is 0.840. The van der Waals surface area contributed by atoms with E-state index in [1.54, 1.807) is 7.11 Å². The van der Waals surface area contributed by atoms with Crippen molar-refractivity contribution < 1.29 is 9.53 Å². The van der Waals surface area contributed by atoms with Gasteiger partial charge in [0, 0.05) is 23.1 Å². The van der Waals surface area contributed by atoms with Crippen LogP contribution in [0.15, 0.2) is 22.7 Å². The Morgan fingerprint density at radius 2 is 2.21 bits per heavy atom. The van der Waals surface area contributed by atoms with E-state index >= 15 is 0 Å². The molecule has 0 fully saturated rings. The molecule has 4 nitrogen and oxygen atoms in total. The summed E-state index contributed by atoms with van der Waals surface area (Å²) >= 11 is 3.43. The fourth-order valence-electron chi connectivity index (χ4n) is 1.64. The van der Waals surface area contributed by atoms with Crippen molar-refractivity contribution in [3.63, 3.8) is 0 Å². The molecule has 1 unspecified atom stereocenters. The third-order valence-electron chi connectivity index (χ3n) is 2.78. The van der Waals surface area contributed by atoms with Gasteiger partial charge in [0.15, 0.2) is 0 Å². The van der Waals surface area contributed by atoms with Gasteiger partial charge in [0.25, 0.3) is 0 Å². The molecule has 1 atom stereocenters. The minimum absolute atomic E-state index is 0.0239. The van der Waals surface area contributed by atoms with Gasteiger partial charge in [0.05, 0.1) is 13.2 Å². The predicted octanol–water partition coefficient (Wildman–Crippen LogP) is 2.46. The van der Waals surface area contributed by atoms with Crippen LogP contribution in [-0.2, 0) is 11.3 Å². The highest BCUT2D eigenvalue weighted by Crippen LogP contribution is 2.22. The first-order chi connectivity index (χ1) is 9.08. The van der Waals surface area contributed by atoms with E-state index in [2.05, 4.69) is 26.6 Å². The molecular formula is C14H21BrN2O2. The van der Waals surface area contributed by atoms with Gasteiger partial charge in [-0.05, 0) is 31.5 Å². The highest BCUT2D eigenvalue weighted by molar-refractivity contribution is 9.10. The minimum Gasteiger partial charge on any atom is -0.496 e. The standard InChI is InChI=1S/C14H21BrN2O2/c1-4-7-16-14(18)10(2)17-9-11-8-12(15)5-6-13(11)19-3/h5-6,8,10,17H,4,7,9H2,1-3H3,(H,16,18). The Hall–Kier alpha value is -1.07. The molecule has 19 heavy (non-hydrogen) atoms. The van der Waals surface area contributed by atoms with Gasteiger partial charge in [-0.3, -0.25) is 4.79 Å². The molecule has 1 rings (SSSR count). The minimum atomic E-state index is -0.227. The van der Waals surface area contributed by atoms with Gasteiger partial charge in [0.2, 0.25) is 5.91 Å². The lowest BCUT2D eigenvalue weighted by molar-refractivity contribution is -0.122. The van der Waals surface area contributed by atoms with Crippen LogP contribution < -0.4 is 15.4 Å². The van der Waals surface area contributed by atoms with Crippen molar-refractivity contribution in [1.82, 2.24) is 10.6 Å². The number of carbonyl (C=O) groups excluding carboxylic acids is 1. The van der Waals surface area contributed by atoms with Crippen molar-refractivity contribution >= 4 is 21.8 Å². The molecule has 0 bridgehead atoms. The van der Waals surface area contributed by atoms with E-state index in [4.69, 9.17) is 4.74 Å². The number of benzene rings is 1. The summed E-state index contributed by atoms with van der Waals surface area (Å²) in [4.78, 5) is 11.7. The molecular weight excluding hydrogens is 308 g/mol. The topological polar surface area (TPSA) is 50.4 Å². The third kappa shape index (κ3) is 5.20. The molecule has 0 aliphatic heterocycles. The number of carbonyl (C=O) groups is 1. The Bertz CT molecular complexity index is 424. The van der Waals surface area contributed by atoms with Crippen molar-refractivity contribution in [2.75, 3.05) is 13.7 Å². The Labute approximate surface area is 123 Å². The molecule has 2 N–H and O–H groups in total. The van der Waals surface area contributed by atoms with Gasteiger partial charge < -0.3 is 15.4 Å². The second-order valence-electron chi connectivity index (χ2n) is 4.35. The average Bonchev–Trinajstić information content (AvgIpc) is 2.42. The van der Waals surface area contributed by atoms with E-state index in [1.807, 2.05) is 32.0 Å². The van der Waals surface area contributed by atoms with E-state index in [0.717, 1.165) is 22.2 Å². The normalized spacial score (nSPS) is 12.0. The van der Waals surface area contributed by atoms with E-state index in [0.29, 0.717) is 13.1 Å². The fraction of sp³-hybridized carbons (Fsp3) is 0.500. The van der Waals surface area contributed by atoms with Crippen LogP contribution >= 0.6 is 15.9 Å². The number of halogens is 1. The van der Waals surface area contributed by atoms with Crippen LogP contribution in [0.3, 0.4) is 0 Å². The zero-order valence-corrected chi connectivity index (χ0v) is 13.2. The summed E-state index contributed by atoms with van der Waals surface area (Å²) in [6, 6.07) is 5.60. The Morgan fingerprint density at radius 1 is 1.47 bits per heavy atom. The smallest absolute Gasteiger partial charge is 0.236 e. The summed E-state index contributed by atoms with van der Waals surface area (Å²) in [6.07, 6.45) is 0.942. The summed E-state index contributed by atoms with van der Waals surface area (Å²) in [5, 5.41) is 6.06. The molecule has 0 aromatic heterocycles. The van der Waals surface area contributed by atoms with E-state index in [9.17, 15) is 4.79 Å². The summed E-state index contributed by atoms with van der Waals surface area (Å²) < 4.78 is 6.29. The van der Waals surface area contributed by atoms with Crippen LogP contribution in [0.1, 0.15) is 25.8 Å². The highest BCUT2D eigenvalue weighted by Gasteiger charge is 2.12. The number of amides is 1. The van der Waals surface area contributed by atoms with Gasteiger partial charge in [-0.2, -0.15) is 0 Å². The molecule has 1 aromatic rings. The Balaban J connectivity index is 2.56. The van der Waals surface area contributed by atoms with Gasteiger partial charge in [-0.15, -0.1) is 0 Å². The largest absolute Gasteiger partial charge is 0.496 e. The SMILES string of the molecule is CCCNC(=O)C(C)NCc1cc(Br)ccc1OC. The van der Waals surface area contributed by atoms with Crippen LogP contribution in [0, 0.1) is 0 Å². The third-order valence-corrected chi connectivity index (χ3v) is 3.28. The van der Waals surface area contributed by atoms with E-state index in [-0.39, 0.29) is 11.9 Å². The lowest BCUT2D eigenvalue weighted by Crippen LogP contribution is -2.42. The molecule has 0 aliphatic rings. The molecule has 0 aliphatic carbocycles. The van der Waals surface area contributed by atoms with Crippen LogP contribution in [0.25, 0.3) is 0 Å². The molecule has 0 radical (unpaired) electrons. The molecule has 1 amide bonds. The quantitative estimate of drug-likeness (QED) is 0.808. The van der Waals surface area contributed by atoms with Gasteiger partial charge in [-0.25, -0.2) is 0 Å². The fourth-order valence-corrected chi connectivity index (χ4v) is 2.05. The molecule has 0 spiro atoms. The second kappa shape index (κ2) is 8.17. The van der Waals surface area contributed by atoms with Crippen LogP contribution in [0.4, 0.5) is 0 Å². The van der Waals surface area contributed by atoms with Gasteiger partial charge >= 0.3 is 0 Å². The molecule has 0 heterocycles. The maximum atomic E-state index is 11.7. The van der Waals surface area contributed by atoms with Gasteiger partial charge in [-0.1, -0.05) is 22.9 Å². The summed E-state index contributed by atoms with van der Waals surface area (Å²) in [5.41, 5.74) is 1.02. The van der Waals surface area contributed by atoms with E-state index < -0.39 is 0 Å². The van der Waals surface area contributed by atoms with Crippen LogP contribution in [-0.4, -0.2) is 25.6 Å². The van der Waals surface area contributed by atoms with Crippen molar-refractivity contribution in [2.24, 2.45) is 0 Å². The molecule has 0 saturated carbocycles. The number of rotatable bonds is 7. The number of hydrogen-bond donors (Lipinski definition) is 2. The maximum Gasteiger partial charge on any atom is 0.236 e. The lowest BCUT2D eigenvalue weighted by atomic mass is 10.2. The molecule has 106 valence electrons. The van der Waals surface area contributed by atoms with Crippen molar-refractivity contribution in [3.8, 4) is 5.75 Å². The highest BCUT2D eigenvalue weighted by atomic mass is 79.9. The molecule has 1 aromatic carbocycles. The monoisotopic (exact) mass is 328 g/mol. The first-order valence-electron chi connectivity index (χ1n) is 6.42. The first-order valence-corrected chi connectivity index (χ1v) is 7.21. The Kier molecular flexibility index (Phi) is 6.87. The average molecular weight is 329 g/mol. The number of ether oxygens (including phenoxy) is 1. The maximum absolute atomic E-state index is 11.7. The lowest BCUT2D eigenvalue weighted by Gasteiger charge is -2.15. The summed E-state index contributed by atoms with van der Waals surface area (Å²) in [7, 11) is 1.64. The molecule has 5 heteroatoms. The number of hydrogen-bond acceptors (Lipinski definition) is 3. The van der Waals surface area contributed by atoms with Crippen molar-refractivity contribution in [1.29, 1.82) is 0 Å². The predicted molar refractivity (Wildman–Crippen MR) is 80.3 cm³/mol. The van der Waals surface area contributed by atoms with Gasteiger partial charge in [0.1, 0.15) is 5.75 Å². The zero-order chi connectivity index (χ0) is 14.3. The molecule has 0 saturated heterocycles. The van der Waals surface area contributed by atoms with Crippen molar-refractivity contribution in [3.05, 3.63) is 28.2 Å². The van der Waals surface area contributed by atoms with Crippen LogP contribution in [0.2, 0.25) is 0 Å². The number of nitrogens with one attached hydrogen (secondary N) is 2. The zero-order valence-electron chi connectivity index (χ0n) is 11.6. The second-order valence-corrected chi connectivity index (χ2v) is 5.27. The van der Waals surface area contributed by atoms with Crippen LogP contribution in [0.5, 0.6) is 5.75 Å². The Morgan fingerprint density at radius 3 is 2.84 bits per heavy atom. The summed E-state index contributed by atoms with van der Waals surface area (Å²) in [6.45, 7) is 5.19. The number of methoxy groups -OCH3 is 1.